The zero-order valence-electron chi connectivity index (χ0n) is 12.1. The molecule has 2 N–H and O–H groups in total. The van der Waals surface area contributed by atoms with Crippen molar-refractivity contribution in [3.8, 4) is 0 Å². The third kappa shape index (κ3) is 4.29. The summed E-state index contributed by atoms with van der Waals surface area (Å²) < 4.78 is 12.9. The van der Waals surface area contributed by atoms with Gasteiger partial charge < -0.3 is 10.6 Å². The van der Waals surface area contributed by atoms with Crippen molar-refractivity contribution < 1.29 is 4.39 Å². The second-order valence-corrected chi connectivity index (χ2v) is 6.59. The first-order valence-corrected chi connectivity index (χ1v) is 7.94. The average molecular weight is 276 g/mol. The molecular weight excluding hydrogens is 251 g/mol. The summed E-state index contributed by atoms with van der Waals surface area (Å²) in [5.74, 6) is 1.69. The molecule has 2 saturated carbocycles. The highest BCUT2D eigenvalue weighted by Gasteiger charge is 2.29. The zero-order valence-corrected chi connectivity index (χ0v) is 12.1. The van der Waals surface area contributed by atoms with Crippen molar-refractivity contribution in [3.05, 3.63) is 35.6 Å². The summed E-state index contributed by atoms with van der Waals surface area (Å²) >= 11 is 0. The maximum absolute atomic E-state index is 12.9. The van der Waals surface area contributed by atoms with E-state index >= 15 is 0 Å². The number of rotatable bonds is 8. The highest BCUT2D eigenvalue weighted by atomic mass is 19.1. The van der Waals surface area contributed by atoms with Gasteiger partial charge in [-0.2, -0.15) is 0 Å². The smallest absolute Gasteiger partial charge is 0.123 e. The van der Waals surface area contributed by atoms with Gasteiger partial charge in [0.1, 0.15) is 5.82 Å². The standard InChI is InChI=1S/C17H25FN2/c18-16-7-5-15(6-8-16)17(19)9-10-20(11-13-1-2-13)12-14-3-4-14/h5-8,13-14,17H,1-4,9-12,19H2. The molecule has 0 aliphatic heterocycles. The van der Waals surface area contributed by atoms with Gasteiger partial charge in [-0.15, -0.1) is 0 Å². The molecule has 1 aromatic carbocycles. The highest BCUT2D eigenvalue weighted by Crippen LogP contribution is 2.34. The van der Waals surface area contributed by atoms with Crippen LogP contribution in [0.2, 0.25) is 0 Å². The van der Waals surface area contributed by atoms with Gasteiger partial charge in [-0.05, 0) is 68.2 Å². The van der Waals surface area contributed by atoms with E-state index < -0.39 is 0 Å². The van der Waals surface area contributed by atoms with Crippen molar-refractivity contribution in [1.82, 2.24) is 4.90 Å². The fourth-order valence-electron chi connectivity index (χ4n) is 2.79. The first-order chi connectivity index (χ1) is 9.70. The predicted molar refractivity (Wildman–Crippen MR) is 79.8 cm³/mol. The van der Waals surface area contributed by atoms with Crippen molar-refractivity contribution in [3.63, 3.8) is 0 Å². The normalized spacial score (nSPS) is 20.4. The maximum Gasteiger partial charge on any atom is 0.123 e. The van der Waals surface area contributed by atoms with Gasteiger partial charge in [0, 0.05) is 19.1 Å². The minimum absolute atomic E-state index is 0.0245. The monoisotopic (exact) mass is 276 g/mol. The molecule has 2 aliphatic carbocycles. The highest BCUT2D eigenvalue weighted by molar-refractivity contribution is 5.19. The molecule has 0 bridgehead atoms. The van der Waals surface area contributed by atoms with Crippen molar-refractivity contribution >= 4 is 0 Å². The lowest BCUT2D eigenvalue weighted by atomic mass is 10.0. The van der Waals surface area contributed by atoms with E-state index in [4.69, 9.17) is 5.73 Å². The molecule has 2 aliphatic rings. The molecule has 3 heteroatoms. The number of benzene rings is 1. The molecule has 110 valence electrons. The quantitative estimate of drug-likeness (QED) is 0.789. The van der Waals surface area contributed by atoms with Crippen molar-refractivity contribution in [2.45, 2.75) is 38.1 Å². The van der Waals surface area contributed by atoms with Gasteiger partial charge in [0.05, 0.1) is 0 Å². The molecule has 0 radical (unpaired) electrons. The van der Waals surface area contributed by atoms with Crippen LogP contribution in [0.3, 0.4) is 0 Å². The molecule has 0 aromatic heterocycles. The van der Waals surface area contributed by atoms with E-state index in [1.54, 1.807) is 0 Å². The molecule has 2 fully saturated rings. The minimum Gasteiger partial charge on any atom is -0.324 e. The Bertz CT molecular complexity index is 409. The largest absolute Gasteiger partial charge is 0.324 e. The van der Waals surface area contributed by atoms with Crippen LogP contribution in [0.1, 0.15) is 43.7 Å². The van der Waals surface area contributed by atoms with Crippen LogP contribution in [0.4, 0.5) is 4.39 Å². The van der Waals surface area contributed by atoms with Crippen LogP contribution in [-0.4, -0.2) is 24.5 Å². The van der Waals surface area contributed by atoms with Gasteiger partial charge in [-0.25, -0.2) is 4.39 Å². The Balaban J connectivity index is 1.48. The van der Waals surface area contributed by atoms with Crippen LogP contribution in [0.15, 0.2) is 24.3 Å². The van der Waals surface area contributed by atoms with E-state index in [2.05, 4.69) is 4.90 Å². The lowest BCUT2D eigenvalue weighted by Crippen LogP contribution is -2.31. The van der Waals surface area contributed by atoms with Crippen molar-refractivity contribution in [2.24, 2.45) is 17.6 Å². The third-order valence-corrected chi connectivity index (χ3v) is 4.48. The van der Waals surface area contributed by atoms with Crippen LogP contribution >= 0.6 is 0 Å². The summed E-state index contributed by atoms with van der Waals surface area (Å²) in [6, 6.07) is 6.65. The van der Waals surface area contributed by atoms with E-state index in [-0.39, 0.29) is 11.9 Å². The third-order valence-electron chi connectivity index (χ3n) is 4.48. The van der Waals surface area contributed by atoms with Gasteiger partial charge in [0.2, 0.25) is 0 Å². The Morgan fingerprint density at radius 3 is 2.10 bits per heavy atom. The molecule has 20 heavy (non-hydrogen) atoms. The van der Waals surface area contributed by atoms with Gasteiger partial charge in [0.25, 0.3) is 0 Å². The number of hydrogen-bond acceptors (Lipinski definition) is 2. The fourth-order valence-corrected chi connectivity index (χ4v) is 2.79. The van der Waals surface area contributed by atoms with Crippen molar-refractivity contribution in [1.29, 1.82) is 0 Å². The summed E-state index contributed by atoms with van der Waals surface area (Å²) in [5, 5.41) is 0. The molecule has 0 saturated heterocycles. The van der Waals surface area contributed by atoms with Gasteiger partial charge in [-0.3, -0.25) is 0 Å². The molecule has 0 spiro atoms. The predicted octanol–water partition coefficient (Wildman–Crippen LogP) is 3.34. The Labute approximate surface area is 121 Å². The van der Waals surface area contributed by atoms with Crippen LogP contribution in [0, 0.1) is 17.7 Å². The lowest BCUT2D eigenvalue weighted by Gasteiger charge is -2.24. The Morgan fingerprint density at radius 2 is 1.60 bits per heavy atom. The summed E-state index contributed by atoms with van der Waals surface area (Å²) in [7, 11) is 0. The minimum atomic E-state index is -0.190. The second-order valence-electron chi connectivity index (χ2n) is 6.59. The molecule has 3 rings (SSSR count). The second kappa shape index (κ2) is 6.23. The first-order valence-electron chi connectivity index (χ1n) is 7.94. The van der Waals surface area contributed by atoms with E-state index in [0.717, 1.165) is 30.4 Å². The Morgan fingerprint density at radius 1 is 1.05 bits per heavy atom. The Kier molecular flexibility index (Phi) is 4.37. The van der Waals surface area contributed by atoms with Crippen LogP contribution in [-0.2, 0) is 0 Å². The van der Waals surface area contributed by atoms with Crippen LogP contribution in [0.25, 0.3) is 0 Å². The van der Waals surface area contributed by atoms with E-state index in [1.807, 2.05) is 12.1 Å². The maximum atomic E-state index is 12.9. The Hall–Kier alpha value is -0.930. The zero-order chi connectivity index (χ0) is 13.9. The lowest BCUT2D eigenvalue weighted by molar-refractivity contribution is 0.243. The van der Waals surface area contributed by atoms with Crippen LogP contribution in [0.5, 0.6) is 0 Å². The number of nitrogens with two attached hydrogens (primary N) is 1. The van der Waals surface area contributed by atoms with Crippen molar-refractivity contribution in [2.75, 3.05) is 19.6 Å². The molecule has 1 atom stereocenters. The summed E-state index contributed by atoms with van der Waals surface area (Å²) in [6.07, 6.45) is 6.60. The van der Waals surface area contributed by atoms with Gasteiger partial charge in [0.15, 0.2) is 0 Å². The molecule has 0 heterocycles. The van der Waals surface area contributed by atoms with Crippen LogP contribution < -0.4 is 5.73 Å². The number of halogens is 1. The summed E-state index contributed by atoms with van der Waals surface area (Å²) in [6.45, 7) is 3.59. The summed E-state index contributed by atoms with van der Waals surface area (Å²) in [5.41, 5.74) is 7.28. The first kappa shape index (κ1) is 14.0. The van der Waals surface area contributed by atoms with E-state index in [0.29, 0.717) is 0 Å². The average Bonchev–Trinajstić information content (AvgIpc) is 3.32. The van der Waals surface area contributed by atoms with E-state index in [1.165, 1.54) is 50.9 Å². The molecule has 1 aromatic rings. The topological polar surface area (TPSA) is 29.3 Å². The molecule has 1 unspecified atom stereocenters. The number of hydrogen-bond donors (Lipinski definition) is 1. The SMILES string of the molecule is NC(CCN(CC1CC1)CC1CC1)c1ccc(F)cc1. The molecular formula is C17H25FN2. The number of nitrogens with zero attached hydrogens (tertiary/aromatic N) is 1. The van der Waals surface area contributed by atoms with E-state index in [9.17, 15) is 4.39 Å². The van der Waals surface area contributed by atoms with Gasteiger partial charge >= 0.3 is 0 Å². The van der Waals surface area contributed by atoms with Gasteiger partial charge in [-0.1, -0.05) is 12.1 Å². The summed E-state index contributed by atoms with van der Waals surface area (Å²) in [4.78, 5) is 2.61. The fraction of sp³-hybridized carbons (Fsp3) is 0.647. The molecule has 2 nitrogen and oxygen atoms in total. The molecule has 0 amide bonds.